The van der Waals surface area contributed by atoms with Gasteiger partial charge in [0.25, 0.3) is 5.24 Å². The third kappa shape index (κ3) is 3.86. The van der Waals surface area contributed by atoms with Gasteiger partial charge in [0.2, 0.25) is 5.91 Å². The lowest BCUT2D eigenvalue weighted by Crippen LogP contribution is -2.33. The number of hydrogen-bond acceptors (Lipinski definition) is 4. The third-order valence-electron chi connectivity index (χ3n) is 3.44. The van der Waals surface area contributed by atoms with E-state index in [1.807, 2.05) is 24.3 Å². The van der Waals surface area contributed by atoms with Crippen LogP contribution in [0.2, 0.25) is 5.02 Å². The van der Waals surface area contributed by atoms with Crippen LogP contribution in [0.4, 0.5) is 10.6 Å². The van der Waals surface area contributed by atoms with Crippen molar-refractivity contribution in [2.75, 3.05) is 24.2 Å². The van der Waals surface area contributed by atoms with Crippen LogP contribution in [0.1, 0.15) is 5.56 Å². The highest BCUT2D eigenvalue weighted by Crippen LogP contribution is 2.19. The molecule has 3 rings (SSSR count). The molecule has 6 nitrogen and oxygen atoms in total. The second kappa shape index (κ2) is 7.06. The van der Waals surface area contributed by atoms with Crippen LogP contribution >= 0.6 is 23.4 Å². The Morgan fingerprint density at radius 3 is 2.91 bits per heavy atom. The van der Waals surface area contributed by atoms with Crippen molar-refractivity contribution in [3.8, 4) is 0 Å². The number of rotatable bonds is 5. The molecular weight excluding hydrogens is 336 g/mol. The summed E-state index contributed by atoms with van der Waals surface area (Å²) in [7, 11) is 0. The van der Waals surface area contributed by atoms with Gasteiger partial charge < -0.3 is 10.2 Å². The van der Waals surface area contributed by atoms with E-state index in [9.17, 15) is 9.59 Å². The lowest BCUT2D eigenvalue weighted by atomic mass is 10.2. The number of nitrogens with zero attached hydrogens (tertiary/aromatic N) is 3. The lowest BCUT2D eigenvalue weighted by molar-refractivity contribution is -0.116. The van der Waals surface area contributed by atoms with Crippen molar-refractivity contribution in [2.24, 2.45) is 0 Å². The SMILES string of the molecule is O=C(CN1CCSC1=O)Nc1ccnn1Cc1ccccc1Cl. The average molecular weight is 351 g/mol. The fourth-order valence-corrected chi connectivity index (χ4v) is 3.30. The second-order valence-corrected chi connectivity index (χ2v) is 6.50. The van der Waals surface area contributed by atoms with Gasteiger partial charge in [-0.3, -0.25) is 9.59 Å². The molecule has 2 amide bonds. The molecule has 1 saturated heterocycles. The topological polar surface area (TPSA) is 67.2 Å². The van der Waals surface area contributed by atoms with E-state index >= 15 is 0 Å². The highest BCUT2D eigenvalue weighted by molar-refractivity contribution is 8.13. The molecule has 8 heteroatoms. The molecule has 0 radical (unpaired) electrons. The number of aromatic nitrogens is 2. The van der Waals surface area contributed by atoms with E-state index in [2.05, 4.69) is 10.4 Å². The van der Waals surface area contributed by atoms with E-state index in [0.717, 1.165) is 11.3 Å². The van der Waals surface area contributed by atoms with Gasteiger partial charge >= 0.3 is 0 Å². The zero-order valence-corrected chi connectivity index (χ0v) is 13.8. The summed E-state index contributed by atoms with van der Waals surface area (Å²) in [4.78, 5) is 25.2. The zero-order valence-electron chi connectivity index (χ0n) is 12.2. The van der Waals surface area contributed by atoms with Crippen molar-refractivity contribution in [3.63, 3.8) is 0 Å². The number of amides is 2. The number of halogens is 1. The van der Waals surface area contributed by atoms with Gasteiger partial charge in [0.05, 0.1) is 12.7 Å². The number of carbonyl (C=O) groups excluding carboxylic acids is 2. The van der Waals surface area contributed by atoms with Crippen molar-refractivity contribution >= 4 is 40.3 Å². The molecule has 1 aliphatic heterocycles. The minimum atomic E-state index is -0.234. The van der Waals surface area contributed by atoms with E-state index < -0.39 is 0 Å². The third-order valence-corrected chi connectivity index (χ3v) is 4.70. The molecule has 0 atom stereocenters. The molecule has 0 saturated carbocycles. The van der Waals surface area contributed by atoms with Gasteiger partial charge in [-0.25, -0.2) is 4.68 Å². The Morgan fingerprint density at radius 2 is 2.17 bits per heavy atom. The summed E-state index contributed by atoms with van der Waals surface area (Å²) < 4.78 is 1.67. The maximum Gasteiger partial charge on any atom is 0.282 e. The van der Waals surface area contributed by atoms with Gasteiger partial charge in [0.1, 0.15) is 12.4 Å². The zero-order chi connectivity index (χ0) is 16.2. The normalized spacial score (nSPS) is 14.3. The van der Waals surface area contributed by atoms with Gasteiger partial charge in [-0.05, 0) is 11.6 Å². The van der Waals surface area contributed by atoms with Crippen LogP contribution in [0.15, 0.2) is 36.5 Å². The molecule has 1 fully saturated rings. The highest BCUT2D eigenvalue weighted by Gasteiger charge is 2.23. The maximum atomic E-state index is 12.1. The minimum absolute atomic E-state index is 0.0512. The minimum Gasteiger partial charge on any atom is -0.323 e. The summed E-state index contributed by atoms with van der Waals surface area (Å²) in [6.45, 7) is 1.12. The average Bonchev–Trinajstić information content (AvgIpc) is 3.12. The lowest BCUT2D eigenvalue weighted by Gasteiger charge is -2.15. The number of carbonyl (C=O) groups is 2. The molecule has 2 heterocycles. The van der Waals surface area contributed by atoms with E-state index in [0.29, 0.717) is 23.9 Å². The van der Waals surface area contributed by atoms with E-state index in [4.69, 9.17) is 11.6 Å². The van der Waals surface area contributed by atoms with Crippen LogP contribution < -0.4 is 5.32 Å². The van der Waals surface area contributed by atoms with Gasteiger partial charge in [-0.2, -0.15) is 5.10 Å². The molecule has 0 spiro atoms. The highest BCUT2D eigenvalue weighted by atomic mass is 35.5. The fraction of sp³-hybridized carbons (Fsp3) is 0.267. The standard InChI is InChI=1S/C15H15ClN4O2S/c16-12-4-2-1-3-11(12)9-20-13(5-6-17-20)18-14(21)10-19-7-8-23-15(19)22/h1-6H,7-10H2,(H,18,21). The Labute approximate surface area is 142 Å². The molecule has 23 heavy (non-hydrogen) atoms. The quantitative estimate of drug-likeness (QED) is 0.900. The number of benzene rings is 1. The summed E-state index contributed by atoms with van der Waals surface area (Å²) in [5.41, 5.74) is 0.916. The predicted molar refractivity (Wildman–Crippen MR) is 90.8 cm³/mol. The summed E-state index contributed by atoms with van der Waals surface area (Å²) in [6.07, 6.45) is 1.61. The van der Waals surface area contributed by atoms with Gasteiger partial charge in [-0.15, -0.1) is 0 Å². The van der Waals surface area contributed by atoms with Crippen LogP contribution in [0.25, 0.3) is 0 Å². The number of thioether (sulfide) groups is 1. The molecule has 0 unspecified atom stereocenters. The van der Waals surface area contributed by atoms with Gasteiger partial charge in [0, 0.05) is 23.4 Å². The summed E-state index contributed by atoms with van der Waals surface area (Å²) in [5, 5.41) is 7.61. The molecule has 1 aliphatic rings. The van der Waals surface area contributed by atoms with Crippen molar-refractivity contribution in [1.29, 1.82) is 0 Å². The smallest absolute Gasteiger partial charge is 0.282 e. The number of nitrogens with one attached hydrogen (secondary N) is 1. The predicted octanol–water partition coefficient (Wildman–Crippen LogP) is 2.69. The van der Waals surface area contributed by atoms with Crippen molar-refractivity contribution < 1.29 is 9.59 Å². The molecule has 0 aliphatic carbocycles. The first-order chi connectivity index (χ1) is 11.1. The monoisotopic (exact) mass is 350 g/mol. The first-order valence-electron chi connectivity index (χ1n) is 7.10. The summed E-state index contributed by atoms with van der Waals surface area (Å²) >= 11 is 7.39. The Morgan fingerprint density at radius 1 is 1.35 bits per heavy atom. The summed E-state index contributed by atoms with van der Waals surface area (Å²) in [5.74, 6) is 1.08. The molecule has 1 aromatic carbocycles. The maximum absolute atomic E-state index is 12.1. The molecule has 2 aromatic rings. The van der Waals surface area contributed by atoms with Crippen LogP contribution in [0.5, 0.6) is 0 Å². The fourth-order valence-electron chi connectivity index (χ4n) is 2.28. The Hall–Kier alpha value is -1.99. The van der Waals surface area contributed by atoms with Crippen LogP contribution in [0.3, 0.4) is 0 Å². The van der Waals surface area contributed by atoms with Crippen molar-refractivity contribution in [2.45, 2.75) is 6.54 Å². The van der Waals surface area contributed by atoms with E-state index in [1.165, 1.54) is 16.7 Å². The van der Waals surface area contributed by atoms with Crippen LogP contribution in [0, 0.1) is 0 Å². The van der Waals surface area contributed by atoms with E-state index in [1.54, 1.807) is 16.9 Å². The first-order valence-corrected chi connectivity index (χ1v) is 8.46. The molecule has 1 aromatic heterocycles. The largest absolute Gasteiger partial charge is 0.323 e. The Bertz CT molecular complexity index is 734. The van der Waals surface area contributed by atoms with Crippen LogP contribution in [-0.2, 0) is 11.3 Å². The van der Waals surface area contributed by atoms with E-state index in [-0.39, 0.29) is 17.7 Å². The molecular formula is C15H15ClN4O2S. The van der Waals surface area contributed by atoms with Crippen molar-refractivity contribution in [3.05, 3.63) is 47.1 Å². The summed E-state index contributed by atoms with van der Waals surface area (Å²) in [6, 6.07) is 9.21. The van der Waals surface area contributed by atoms with Crippen molar-refractivity contribution in [1.82, 2.24) is 14.7 Å². The Kier molecular flexibility index (Phi) is 4.88. The van der Waals surface area contributed by atoms with Gasteiger partial charge in [-0.1, -0.05) is 41.6 Å². The Balaban J connectivity index is 1.65. The second-order valence-electron chi connectivity index (χ2n) is 5.05. The molecule has 120 valence electrons. The first kappa shape index (κ1) is 15.9. The van der Waals surface area contributed by atoms with Crippen LogP contribution in [-0.4, -0.2) is 44.7 Å². The molecule has 1 N–H and O–H groups in total. The number of anilines is 1. The number of hydrogen-bond donors (Lipinski definition) is 1. The van der Waals surface area contributed by atoms with Gasteiger partial charge in [0.15, 0.2) is 0 Å². The molecule has 0 bridgehead atoms.